The van der Waals surface area contributed by atoms with Crippen LogP contribution in [0.3, 0.4) is 0 Å². The molecular formula is C8H14INO. The number of fused-ring (bicyclic) bond motifs is 1. The van der Waals surface area contributed by atoms with Crippen LogP contribution in [0.4, 0.5) is 0 Å². The molecule has 2 aliphatic rings. The van der Waals surface area contributed by atoms with Crippen molar-refractivity contribution in [2.24, 2.45) is 0 Å². The Hall–Kier alpha value is 0.650. The Labute approximate surface area is 81.8 Å². The fraction of sp³-hybridized carbons (Fsp3) is 1.00. The van der Waals surface area contributed by atoms with Crippen LogP contribution >= 0.6 is 22.9 Å². The van der Waals surface area contributed by atoms with E-state index in [1.54, 1.807) is 0 Å². The Morgan fingerprint density at radius 1 is 1.27 bits per heavy atom. The summed E-state index contributed by atoms with van der Waals surface area (Å²) in [4.78, 5) is 0. The molecule has 0 radical (unpaired) electrons. The van der Waals surface area contributed by atoms with E-state index in [-0.39, 0.29) is 0 Å². The molecule has 2 unspecified atom stereocenters. The molecule has 11 heavy (non-hydrogen) atoms. The van der Waals surface area contributed by atoms with E-state index >= 15 is 0 Å². The Balaban J connectivity index is 1.99. The van der Waals surface area contributed by atoms with E-state index in [4.69, 9.17) is 4.74 Å². The van der Waals surface area contributed by atoms with Crippen molar-refractivity contribution < 1.29 is 4.74 Å². The standard InChI is InChI=1S/C8H14INO/c9-10-5-6-11-8-4-2-1-3-7(8)10/h7-8H,1-6H2. The summed E-state index contributed by atoms with van der Waals surface area (Å²) in [7, 11) is 0. The van der Waals surface area contributed by atoms with Crippen LogP contribution in [0.2, 0.25) is 0 Å². The van der Waals surface area contributed by atoms with Crippen molar-refractivity contribution in [2.45, 2.75) is 37.8 Å². The van der Waals surface area contributed by atoms with Gasteiger partial charge in [0.15, 0.2) is 0 Å². The first-order chi connectivity index (χ1) is 5.38. The molecule has 0 aromatic heterocycles. The molecular weight excluding hydrogens is 253 g/mol. The van der Waals surface area contributed by atoms with E-state index < -0.39 is 0 Å². The van der Waals surface area contributed by atoms with Crippen LogP contribution in [0.15, 0.2) is 0 Å². The van der Waals surface area contributed by atoms with E-state index in [0.717, 1.165) is 19.2 Å². The minimum absolute atomic E-state index is 0.550. The van der Waals surface area contributed by atoms with Crippen molar-refractivity contribution in [3.63, 3.8) is 0 Å². The molecule has 64 valence electrons. The molecule has 1 heterocycles. The molecule has 0 aromatic rings. The molecule has 2 rings (SSSR count). The van der Waals surface area contributed by atoms with Crippen LogP contribution in [0.25, 0.3) is 0 Å². The molecule has 0 bridgehead atoms. The summed E-state index contributed by atoms with van der Waals surface area (Å²) in [6, 6.07) is 0.720. The molecule has 1 aliphatic heterocycles. The normalized spacial score (nSPS) is 40.1. The van der Waals surface area contributed by atoms with Crippen molar-refractivity contribution in [1.82, 2.24) is 3.11 Å². The minimum atomic E-state index is 0.550. The zero-order valence-corrected chi connectivity index (χ0v) is 8.79. The van der Waals surface area contributed by atoms with Crippen LogP contribution in [-0.4, -0.2) is 28.4 Å². The average molecular weight is 267 g/mol. The lowest BCUT2D eigenvalue weighted by molar-refractivity contribution is -0.0494. The molecule has 1 saturated carbocycles. The average Bonchev–Trinajstić information content (AvgIpc) is 2.06. The van der Waals surface area contributed by atoms with Crippen LogP contribution in [-0.2, 0) is 4.74 Å². The fourth-order valence-electron chi connectivity index (χ4n) is 2.05. The predicted molar refractivity (Wildman–Crippen MR) is 52.7 cm³/mol. The van der Waals surface area contributed by atoms with Gasteiger partial charge in [-0.2, -0.15) is 0 Å². The molecule has 0 spiro atoms. The van der Waals surface area contributed by atoms with Crippen molar-refractivity contribution in [2.75, 3.05) is 13.2 Å². The second-order valence-electron chi connectivity index (χ2n) is 3.38. The fourth-order valence-corrected chi connectivity index (χ4v) is 2.88. The first-order valence-corrected chi connectivity index (χ1v) is 5.38. The molecule has 2 fully saturated rings. The van der Waals surface area contributed by atoms with Gasteiger partial charge in [-0.25, -0.2) is 3.11 Å². The lowest BCUT2D eigenvalue weighted by atomic mass is 9.92. The number of nitrogens with zero attached hydrogens (tertiary/aromatic N) is 1. The second kappa shape index (κ2) is 3.58. The molecule has 3 heteroatoms. The number of hydrogen-bond acceptors (Lipinski definition) is 2. The van der Waals surface area contributed by atoms with Crippen molar-refractivity contribution in [3.05, 3.63) is 0 Å². The van der Waals surface area contributed by atoms with E-state index in [9.17, 15) is 0 Å². The van der Waals surface area contributed by atoms with Crippen molar-refractivity contribution in [1.29, 1.82) is 0 Å². The first kappa shape index (κ1) is 8.26. The Morgan fingerprint density at radius 2 is 2.09 bits per heavy atom. The topological polar surface area (TPSA) is 12.5 Å². The highest BCUT2D eigenvalue weighted by atomic mass is 127. The highest BCUT2D eigenvalue weighted by molar-refractivity contribution is 14.1. The van der Waals surface area contributed by atoms with Gasteiger partial charge in [-0.05, 0) is 12.8 Å². The predicted octanol–water partition coefficient (Wildman–Crippen LogP) is 1.98. The Bertz CT molecular complexity index is 140. The molecule has 2 atom stereocenters. The maximum absolute atomic E-state index is 5.71. The Kier molecular flexibility index (Phi) is 2.69. The third kappa shape index (κ3) is 1.70. The minimum Gasteiger partial charge on any atom is -0.375 e. The summed E-state index contributed by atoms with van der Waals surface area (Å²) < 4.78 is 8.14. The summed E-state index contributed by atoms with van der Waals surface area (Å²) in [5.74, 6) is 0. The summed E-state index contributed by atoms with van der Waals surface area (Å²) in [6.07, 6.45) is 5.93. The van der Waals surface area contributed by atoms with E-state index in [1.807, 2.05) is 0 Å². The van der Waals surface area contributed by atoms with Crippen LogP contribution in [0, 0.1) is 0 Å². The smallest absolute Gasteiger partial charge is 0.0739 e. The molecule has 1 saturated heterocycles. The number of ether oxygens (including phenoxy) is 1. The first-order valence-electron chi connectivity index (χ1n) is 4.42. The largest absolute Gasteiger partial charge is 0.375 e. The van der Waals surface area contributed by atoms with E-state index in [1.165, 1.54) is 25.7 Å². The quantitative estimate of drug-likeness (QED) is 0.491. The van der Waals surface area contributed by atoms with Gasteiger partial charge in [-0.1, -0.05) is 12.8 Å². The zero-order chi connectivity index (χ0) is 7.68. The van der Waals surface area contributed by atoms with Gasteiger partial charge >= 0.3 is 0 Å². The monoisotopic (exact) mass is 267 g/mol. The summed E-state index contributed by atoms with van der Waals surface area (Å²) >= 11 is 2.44. The van der Waals surface area contributed by atoms with Crippen molar-refractivity contribution >= 4 is 22.9 Å². The van der Waals surface area contributed by atoms with Crippen LogP contribution in [0.5, 0.6) is 0 Å². The molecule has 2 nitrogen and oxygen atoms in total. The number of morpholine rings is 1. The molecule has 0 aromatic carbocycles. The lowest BCUT2D eigenvalue weighted by Gasteiger charge is -2.40. The lowest BCUT2D eigenvalue weighted by Crippen LogP contribution is -2.47. The van der Waals surface area contributed by atoms with Gasteiger partial charge in [0.1, 0.15) is 0 Å². The van der Waals surface area contributed by atoms with Gasteiger partial charge in [-0.15, -0.1) is 0 Å². The number of hydrogen-bond donors (Lipinski definition) is 0. The third-order valence-electron chi connectivity index (χ3n) is 2.66. The zero-order valence-electron chi connectivity index (χ0n) is 6.63. The van der Waals surface area contributed by atoms with E-state index in [0.29, 0.717) is 6.10 Å². The summed E-state index contributed by atoms with van der Waals surface area (Å²) in [5.41, 5.74) is 0. The van der Waals surface area contributed by atoms with Crippen molar-refractivity contribution in [3.8, 4) is 0 Å². The summed E-state index contributed by atoms with van der Waals surface area (Å²) in [6.45, 7) is 2.05. The second-order valence-corrected chi connectivity index (χ2v) is 4.62. The summed E-state index contributed by atoms with van der Waals surface area (Å²) in [5, 5.41) is 0. The van der Waals surface area contributed by atoms with Crippen LogP contribution < -0.4 is 0 Å². The maximum Gasteiger partial charge on any atom is 0.0739 e. The highest BCUT2D eigenvalue weighted by Crippen LogP contribution is 2.29. The highest BCUT2D eigenvalue weighted by Gasteiger charge is 2.32. The Morgan fingerprint density at radius 3 is 2.91 bits per heavy atom. The van der Waals surface area contributed by atoms with Gasteiger partial charge in [0.25, 0.3) is 0 Å². The van der Waals surface area contributed by atoms with Gasteiger partial charge in [-0.3, -0.25) is 0 Å². The van der Waals surface area contributed by atoms with Gasteiger partial charge in [0.2, 0.25) is 0 Å². The third-order valence-corrected chi connectivity index (χ3v) is 3.86. The number of halogens is 1. The molecule has 0 amide bonds. The molecule has 1 aliphatic carbocycles. The van der Waals surface area contributed by atoms with Gasteiger partial charge in [0.05, 0.1) is 12.7 Å². The SMILES string of the molecule is IN1CCOC2CCCCC21. The van der Waals surface area contributed by atoms with Gasteiger partial charge < -0.3 is 4.74 Å². The molecule has 0 N–H and O–H groups in total. The van der Waals surface area contributed by atoms with E-state index in [2.05, 4.69) is 26.0 Å². The number of rotatable bonds is 0. The van der Waals surface area contributed by atoms with Gasteiger partial charge in [0, 0.05) is 35.5 Å². The maximum atomic E-state index is 5.71. The van der Waals surface area contributed by atoms with Crippen LogP contribution in [0.1, 0.15) is 25.7 Å².